The van der Waals surface area contributed by atoms with Crippen LogP contribution in [-0.4, -0.2) is 23.4 Å². The smallest absolute Gasteiger partial charge is 0.321 e. The zero-order valence-corrected chi connectivity index (χ0v) is 8.82. The minimum atomic E-state index is -1.49. The van der Waals surface area contributed by atoms with Crippen LogP contribution in [-0.2, 0) is 9.59 Å². The van der Waals surface area contributed by atoms with Gasteiger partial charge in [-0.3, -0.25) is 4.79 Å². The molecule has 1 aromatic rings. The van der Waals surface area contributed by atoms with Crippen molar-refractivity contribution < 1.29 is 19.1 Å². The number of carboxylic acid groups (broad SMARTS) is 1. The maximum absolute atomic E-state index is 13.5. The largest absolute Gasteiger partial charge is 0.480 e. The first-order chi connectivity index (χ1) is 7.49. The minimum Gasteiger partial charge on any atom is -0.480 e. The number of aldehydes is 1. The third-order valence-corrected chi connectivity index (χ3v) is 2.45. The molecule has 2 atom stereocenters. The van der Waals surface area contributed by atoms with Crippen molar-refractivity contribution in [1.82, 2.24) is 0 Å². The Labute approximate surface area is 95.8 Å². The maximum atomic E-state index is 13.5. The summed E-state index contributed by atoms with van der Waals surface area (Å²) in [4.78, 5) is 21.4. The minimum absolute atomic E-state index is 0.114. The van der Waals surface area contributed by atoms with Crippen LogP contribution in [0.1, 0.15) is 11.5 Å². The average Bonchev–Trinajstić information content (AvgIpc) is 2.24. The molecule has 0 spiro atoms. The topological polar surface area (TPSA) is 80.4 Å². The third-order valence-electron chi connectivity index (χ3n) is 2.16. The Balaban J connectivity index is 3.18. The molecular formula is C10H9ClFNO3. The SMILES string of the molecule is N[C@@H](C(=O)O)[C@@H](C=O)c1cccc(Cl)c1F. The fourth-order valence-corrected chi connectivity index (χ4v) is 1.46. The van der Waals surface area contributed by atoms with Gasteiger partial charge in [0.2, 0.25) is 0 Å². The van der Waals surface area contributed by atoms with Crippen molar-refractivity contribution in [2.45, 2.75) is 12.0 Å². The lowest BCUT2D eigenvalue weighted by molar-refractivity contribution is -0.140. The lowest BCUT2D eigenvalue weighted by Crippen LogP contribution is -2.37. The monoisotopic (exact) mass is 245 g/mol. The number of nitrogens with two attached hydrogens (primary N) is 1. The van der Waals surface area contributed by atoms with Crippen LogP contribution in [0.3, 0.4) is 0 Å². The Bertz CT molecular complexity index is 425. The van der Waals surface area contributed by atoms with Gasteiger partial charge < -0.3 is 15.6 Å². The molecule has 0 heterocycles. The van der Waals surface area contributed by atoms with E-state index in [0.717, 1.165) is 0 Å². The molecule has 3 N–H and O–H groups in total. The van der Waals surface area contributed by atoms with E-state index in [1.807, 2.05) is 0 Å². The van der Waals surface area contributed by atoms with Crippen molar-refractivity contribution >= 4 is 23.9 Å². The van der Waals surface area contributed by atoms with Crippen molar-refractivity contribution in [2.24, 2.45) is 5.73 Å². The van der Waals surface area contributed by atoms with Gasteiger partial charge in [0.15, 0.2) is 0 Å². The van der Waals surface area contributed by atoms with E-state index in [1.54, 1.807) is 0 Å². The Morgan fingerprint density at radius 1 is 1.56 bits per heavy atom. The molecule has 1 rings (SSSR count). The first-order valence-corrected chi connectivity index (χ1v) is 4.74. The van der Waals surface area contributed by atoms with Gasteiger partial charge in [0.1, 0.15) is 18.1 Å². The summed E-state index contributed by atoms with van der Waals surface area (Å²) in [6, 6.07) is 2.51. The molecule has 0 aliphatic rings. The number of benzene rings is 1. The molecule has 0 unspecified atom stereocenters. The second kappa shape index (κ2) is 5.05. The summed E-state index contributed by atoms with van der Waals surface area (Å²) in [6.07, 6.45) is 0.299. The Morgan fingerprint density at radius 2 is 2.19 bits per heavy atom. The molecule has 0 aromatic heterocycles. The molecule has 16 heavy (non-hydrogen) atoms. The quantitative estimate of drug-likeness (QED) is 0.781. The number of aliphatic carboxylic acids is 1. The van der Waals surface area contributed by atoms with E-state index in [1.165, 1.54) is 18.2 Å². The van der Waals surface area contributed by atoms with Gasteiger partial charge in [-0.1, -0.05) is 23.7 Å². The molecule has 0 amide bonds. The van der Waals surface area contributed by atoms with Crippen LogP contribution < -0.4 is 5.73 Å². The van der Waals surface area contributed by atoms with E-state index in [-0.39, 0.29) is 10.6 Å². The van der Waals surface area contributed by atoms with E-state index in [9.17, 15) is 14.0 Å². The normalized spacial score (nSPS) is 14.2. The molecule has 86 valence electrons. The molecule has 0 aliphatic heterocycles. The third kappa shape index (κ3) is 2.37. The average molecular weight is 246 g/mol. The molecule has 0 fully saturated rings. The van der Waals surface area contributed by atoms with Gasteiger partial charge in [0.25, 0.3) is 0 Å². The van der Waals surface area contributed by atoms with Gasteiger partial charge in [0.05, 0.1) is 10.9 Å². The zero-order valence-electron chi connectivity index (χ0n) is 8.06. The molecule has 0 aliphatic carbocycles. The highest BCUT2D eigenvalue weighted by Crippen LogP contribution is 2.25. The number of carboxylic acids is 1. The van der Waals surface area contributed by atoms with Crippen LogP contribution in [0.5, 0.6) is 0 Å². The molecular weight excluding hydrogens is 237 g/mol. The molecule has 4 nitrogen and oxygen atoms in total. The summed E-state index contributed by atoms with van der Waals surface area (Å²) in [5.41, 5.74) is 5.17. The van der Waals surface area contributed by atoms with Gasteiger partial charge in [-0.15, -0.1) is 0 Å². The first kappa shape index (κ1) is 12.6. The molecule has 0 bridgehead atoms. The second-order valence-electron chi connectivity index (χ2n) is 3.17. The van der Waals surface area contributed by atoms with E-state index < -0.39 is 23.7 Å². The highest BCUT2D eigenvalue weighted by molar-refractivity contribution is 6.30. The number of hydrogen-bond donors (Lipinski definition) is 2. The first-order valence-electron chi connectivity index (χ1n) is 4.36. The lowest BCUT2D eigenvalue weighted by atomic mass is 9.93. The number of carbonyl (C=O) groups excluding carboxylic acids is 1. The standard InChI is InChI=1S/C10H9ClFNO3/c11-7-3-1-2-5(8(7)12)6(4-14)9(13)10(15)16/h1-4,6,9H,13H2,(H,15,16)/t6-,9+/m0/s1. The van der Waals surface area contributed by atoms with Crippen LogP contribution in [0.2, 0.25) is 5.02 Å². The van der Waals surface area contributed by atoms with Crippen molar-refractivity contribution in [1.29, 1.82) is 0 Å². The Hall–Kier alpha value is -1.46. The maximum Gasteiger partial charge on any atom is 0.321 e. The van der Waals surface area contributed by atoms with Crippen molar-refractivity contribution in [2.75, 3.05) is 0 Å². The summed E-state index contributed by atoms with van der Waals surface area (Å²) in [5, 5.41) is 8.49. The van der Waals surface area contributed by atoms with E-state index in [2.05, 4.69) is 0 Å². The van der Waals surface area contributed by atoms with Gasteiger partial charge in [-0.2, -0.15) is 0 Å². The summed E-state index contributed by atoms with van der Waals surface area (Å²) in [5.74, 6) is -3.45. The predicted octanol–water partition coefficient (Wildman–Crippen LogP) is 1.17. The number of hydrogen-bond acceptors (Lipinski definition) is 3. The predicted molar refractivity (Wildman–Crippen MR) is 55.8 cm³/mol. The van der Waals surface area contributed by atoms with Crippen molar-refractivity contribution in [3.8, 4) is 0 Å². The van der Waals surface area contributed by atoms with E-state index >= 15 is 0 Å². The Morgan fingerprint density at radius 3 is 2.69 bits per heavy atom. The van der Waals surface area contributed by atoms with Crippen LogP contribution >= 0.6 is 11.6 Å². The van der Waals surface area contributed by atoms with E-state index in [0.29, 0.717) is 6.29 Å². The molecule has 1 aromatic carbocycles. The highest BCUT2D eigenvalue weighted by Gasteiger charge is 2.28. The summed E-state index contributed by atoms with van der Waals surface area (Å²) in [6.45, 7) is 0. The number of halogens is 2. The van der Waals surface area contributed by atoms with Crippen molar-refractivity contribution in [3.05, 3.63) is 34.6 Å². The van der Waals surface area contributed by atoms with Gasteiger partial charge >= 0.3 is 5.97 Å². The lowest BCUT2D eigenvalue weighted by Gasteiger charge is -2.16. The summed E-state index contributed by atoms with van der Waals surface area (Å²) in [7, 11) is 0. The van der Waals surface area contributed by atoms with Crippen LogP contribution in [0, 0.1) is 5.82 Å². The second-order valence-corrected chi connectivity index (χ2v) is 3.58. The van der Waals surface area contributed by atoms with Gasteiger partial charge in [0, 0.05) is 5.56 Å². The molecule has 0 saturated heterocycles. The van der Waals surface area contributed by atoms with Crippen molar-refractivity contribution in [3.63, 3.8) is 0 Å². The fourth-order valence-electron chi connectivity index (χ4n) is 1.28. The van der Waals surface area contributed by atoms with E-state index in [4.69, 9.17) is 22.4 Å². The Kier molecular flexibility index (Phi) is 3.98. The number of rotatable bonds is 4. The van der Waals surface area contributed by atoms with Crippen LogP contribution in [0.4, 0.5) is 4.39 Å². The molecule has 6 heteroatoms. The molecule has 0 radical (unpaired) electrons. The summed E-state index contributed by atoms with van der Waals surface area (Å²) < 4.78 is 13.5. The highest BCUT2D eigenvalue weighted by atomic mass is 35.5. The summed E-state index contributed by atoms with van der Waals surface area (Å²) >= 11 is 5.52. The van der Waals surface area contributed by atoms with Gasteiger partial charge in [-0.05, 0) is 6.07 Å². The number of carbonyl (C=O) groups is 2. The van der Waals surface area contributed by atoms with Gasteiger partial charge in [-0.25, -0.2) is 4.39 Å². The van der Waals surface area contributed by atoms with Crippen LogP contribution in [0.25, 0.3) is 0 Å². The zero-order chi connectivity index (χ0) is 12.3. The fraction of sp³-hybridized carbons (Fsp3) is 0.200. The van der Waals surface area contributed by atoms with Crippen LogP contribution in [0.15, 0.2) is 18.2 Å². The molecule has 0 saturated carbocycles.